The van der Waals surface area contributed by atoms with E-state index in [1.165, 1.54) is 0 Å². The lowest BCUT2D eigenvalue weighted by Gasteiger charge is -2.22. The zero-order valence-electron chi connectivity index (χ0n) is 30.8. The Morgan fingerprint density at radius 1 is 0.415 bits per heavy atom. The Hall–Kier alpha value is -6.27. The van der Waals surface area contributed by atoms with E-state index in [0.717, 1.165) is 88.9 Å². The van der Waals surface area contributed by atoms with Crippen molar-refractivity contribution in [2.45, 2.75) is 52.4 Å². The summed E-state index contributed by atoms with van der Waals surface area (Å²) in [5.41, 5.74) is 12.9. The monoisotopic (exact) mass is 689 g/mol. The predicted molar refractivity (Wildman–Crippen MR) is 217 cm³/mol. The molecule has 0 aliphatic rings. The van der Waals surface area contributed by atoms with Gasteiger partial charge < -0.3 is 4.42 Å². The van der Waals surface area contributed by atoms with Crippen LogP contribution >= 0.6 is 0 Å². The van der Waals surface area contributed by atoms with E-state index >= 15 is 0 Å². The highest BCUT2D eigenvalue weighted by molar-refractivity contribution is 6.12. The SMILES string of the molecule is CC(C)(C)c1nc2cc(-c3ccccc3-c3nc4cccc(-c5nc6ccccc6nc5C(C)(C)C)c4o3)c3ccccc3c2nc1-c1ccccc1. The number of fused-ring (bicyclic) bond motifs is 5. The second kappa shape index (κ2) is 12.2. The van der Waals surface area contributed by atoms with Gasteiger partial charge in [0.05, 0.1) is 44.8 Å². The molecule has 0 bridgehead atoms. The predicted octanol–water partition coefficient (Wildman–Crippen LogP) is 12.1. The molecule has 6 nitrogen and oxygen atoms in total. The van der Waals surface area contributed by atoms with Crippen LogP contribution in [0.5, 0.6) is 0 Å². The lowest BCUT2D eigenvalue weighted by molar-refractivity contribution is 0.570. The number of para-hydroxylation sites is 3. The van der Waals surface area contributed by atoms with Crippen molar-refractivity contribution in [2.24, 2.45) is 0 Å². The molecule has 0 N–H and O–H groups in total. The van der Waals surface area contributed by atoms with Crippen molar-refractivity contribution >= 4 is 43.9 Å². The molecule has 53 heavy (non-hydrogen) atoms. The molecule has 0 saturated heterocycles. The summed E-state index contributed by atoms with van der Waals surface area (Å²) in [6.07, 6.45) is 0. The van der Waals surface area contributed by atoms with E-state index in [4.69, 9.17) is 29.3 Å². The first-order chi connectivity index (χ1) is 25.5. The minimum Gasteiger partial charge on any atom is -0.435 e. The van der Waals surface area contributed by atoms with Gasteiger partial charge in [-0.15, -0.1) is 0 Å². The van der Waals surface area contributed by atoms with Crippen LogP contribution in [0.15, 0.2) is 132 Å². The van der Waals surface area contributed by atoms with Crippen molar-refractivity contribution < 1.29 is 4.42 Å². The Morgan fingerprint density at radius 2 is 0.981 bits per heavy atom. The van der Waals surface area contributed by atoms with Crippen molar-refractivity contribution in [2.75, 3.05) is 0 Å². The standard InChI is InChI=1S/C47H39N5O/c1-46(2,3)43-39(28-17-8-7-9-18-28)52-40-31-21-12-10-19-29(31)34(27-38(40)50-43)30-20-11-13-22-32(30)45-51-37-26-16-23-33(42(37)53-45)41-44(47(4,5)6)49-36-25-15-14-24-35(36)48-41/h7-27H,1-6H3. The number of nitrogens with zero attached hydrogens (tertiary/aromatic N) is 5. The van der Waals surface area contributed by atoms with Crippen molar-refractivity contribution in [3.05, 3.63) is 139 Å². The molecule has 0 aliphatic carbocycles. The Bertz CT molecular complexity index is 2860. The zero-order chi connectivity index (χ0) is 36.5. The Morgan fingerprint density at radius 3 is 1.72 bits per heavy atom. The summed E-state index contributed by atoms with van der Waals surface area (Å²) >= 11 is 0. The van der Waals surface area contributed by atoms with Crippen LogP contribution in [0.2, 0.25) is 0 Å². The molecule has 0 spiro atoms. The topological polar surface area (TPSA) is 77.6 Å². The maximum absolute atomic E-state index is 6.80. The molecule has 0 unspecified atom stereocenters. The van der Waals surface area contributed by atoms with Crippen LogP contribution < -0.4 is 0 Å². The van der Waals surface area contributed by atoms with Gasteiger partial charge in [0, 0.05) is 32.9 Å². The molecule has 6 heteroatoms. The van der Waals surface area contributed by atoms with Crippen LogP contribution in [-0.4, -0.2) is 24.9 Å². The van der Waals surface area contributed by atoms with E-state index in [2.05, 4.69) is 120 Å². The van der Waals surface area contributed by atoms with E-state index in [9.17, 15) is 0 Å². The quantitative estimate of drug-likeness (QED) is 0.171. The summed E-state index contributed by atoms with van der Waals surface area (Å²) in [5, 5.41) is 2.13. The van der Waals surface area contributed by atoms with Gasteiger partial charge in [-0.3, -0.25) is 0 Å². The number of aromatic nitrogens is 5. The fraction of sp³-hybridized carbons (Fsp3) is 0.170. The van der Waals surface area contributed by atoms with Gasteiger partial charge in [-0.2, -0.15) is 0 Å². The first-order valence-electron chi connectivity index (χ1n) is 18.1. The molecule has 0 aliphatic heterocycles. The fourth-order valence-electron chi connectivity index (χ4n) is 7.30. The molecular weight excluding hydrogens is 651 g/mol. The number of hydrogen-bond acceptors (Lipinski definition) is 6. The molecular formula is C47H39N5O. The third-order valence-corrected chi connectivity index (χ3v) is 9.83. The van der Waals surface area contributed by atoms with E-state index in [1.54, 1.807) is 0 Å². The third kappa shape index (κ3) is 5.62. The number of hydrogen-bond donors (Lipinski definition) is 0. The lowest BCUT2D eigenvalue weighted by atomic mass is 9.87. The Kier molecular flexibility index (Phi) is 7.49. The van der Waals surface area contributed by atoms with Crippen LogP contribution in [0.25, 0.3) is 89.0 Å². The normalized spacial score (nSPS) is 12.3. The molecule has 3 heterocycles. The van der Waals surface area contributed by atoms with Gasteiger partial charge in [-0.1, -0.05) is 133 Å². The lowest BCUT2D eigenvalue weighted by Crippen LogP contribution is -2.16. The fourth-order valence-corrected chi connectivity index (χ4v) is 7.30. The van der Waals surface area contributed by atoms with E-state index in [1.807, 2.05) is 48.5 Å². The van der Waals surface area contributed by atoms with Gasteiger partial charge in [-0.05, 0) is 52.9 Å². The van der Waals surface area contributed by atoms with Gasteiger partial charge in [-0.25, -0.2) is 24.9 Å². The highest BCUT2D eigenvalue weighted by Crippen LogP contribution is 2.43. The highest BCUT2D eigenvalue weighted by atomic mass is 16.3. The minimum atomic E-state index is -0.251. The Labute approximate surface area is 308 Å². The summed E-state index contributed by atoms with van der Waals surface area (Å²) < 4.78 is 6.80. The van der Waals surface area contributed by atoms with Crippen molar-refractivity contribution in [1.82, 2.24) is 24.9 Å². The van der Waals surface area contributed by atoms with Gasteiger partial charge in [0.1, 0.15) is 5.52 Å². The smallest absolute Gasteiger partial charge is 0.227 e. The molecule has 258 valence electrons. The average molecular weight is 690 g/mol. The highest BCUT2D eigenvalue weighted by Gasteiger charge is 2.27. The van der Waals surface area contributed by atoms with Crippen LogP contribution in [0.4, 0.5) is 0 Å². The molecule has 0 fully saturated rings. The molecule has 9 aromatic rings. The van der Waals surface area contributed by atoms with Crippen molar-refractivity contribution in [3.63, 3.8) is 0 Å². The third-order valence-electron chi connectivity index (χ3n) is 9.83. The van der Waals surface area contributed by atoms with Crippen LogP contribution in [0.1, 0.15) is 52.9 Å². The molecule has 0 atom stereocenters. The molecule has 9 rings (SSSR count). The van der Waals surface area contributed by atoms with Gasteiger partial charge in [0.15, 0.2) is 5.58 Å². The van der Waals surface area contributed by atoms with E-state index in [-0.39, 0.29) is 10.8 Å². The van der Waals surface area contributed by atoms with Crippen LogP contribution in [0.3, 0.4) is 0 Å². The second-order valence-electron chi connectivity index (χ2n) is 15.8. The van der Waals surface area contributed by atoms with Crippen LogP contribution in [-0.2, 0) is 10.8 Å². The first-order valence-corrected chi connectivity index (χ1v) is 18.1. The van der Waals surface area contributed by atoms with E-state index in [0.29, 0.717) is 11.5 Å². The average Bonchev–Trinajstić information content (AvgIpc) is 3.61. The number of rotatable bonds is 4. The summed E-state index contributed by atoms with van der Waals surface area (Å²) in [4.78, 5) is 26.1. The van der Waals surface area contributed by atoms with Gasteiger partial charge in [0.2, 0.25) is 5.89 Å². The van der Waals surface area contributed by atoms with E-state index < -0.39 is 0 Å². The number of oxazole rings is 1. The summed E-state index contributed by atoms with van der Waals surface area (Å²) in [6.45, 7) is 13.1. The molecule has 6 aromatic carbocycles. The zero-order valence-corrected chi connectivity index (χ0v) is 30.8. The Balaban J connectivity index is 1.26. The van der Waals surface area contributed by atoms with Crippen LogP contribution in [0, 0.1) is 0 Å². The summed E-state index contributed by atoms with van der Waals surface area (Å²) in [6, 6.07) is 43.4. The maximum Gasteiger partial charge on any atom is 0.227 e. The number of benzene rings is 6. The molecule has 0 saturated carbocycles. The summed E-state index contributed by atoms with van der Waals surface area (Å²) in [7, 11) is 0. The molecule has 0 amide bonds. The maximum atomic E-state index is 6.80. The first kappa shape index (κ1) is 32.6. The molecule has 0 radical (unpaired) electrons. The van der Waals surface area contributed by atoms with Gasteiger partial charge in [0.25, 0.3) is 0 Å². The minimum absolute atomic E-state index is 0.228. The summed E-state index contributed by atoms with van der Waals surface area (Å²) in [5.74, 6) is 0.541. The second-order valence-corrected chi connectivity index (χ2v) is 15.8. The van der Waals surface area contributed by atoms with Gasteiger partial charge >= 0.3 is 0 Å². The van der Waals surface area contributed by atoms with Crippen molar-refractivity contribution in [3.8, 4) is 45.1 Å². The molecule has 3 aromatic heterocycles. The van der Waals surface area contributed by atoms with Crippen molar-refractivity contribution in [1.29, 1.82) is 0 Å². The largest absolute Gasteiger partial charge is 0.435 e.